The van der Waals surface area contributed by atoms with Crippen LogP contribution in [0.4, 0.5) is 0 Å². The van der Waals surface area contributed by atoms with Gasteiger partial charge >= 0.3 is 0 Å². The summed E-state index contributed by atoms with van der Waals surface area (Å²) < 4.78 is 5.23. The largest absolute Gasteiger partial charge is 0.496 e. The number of benzene rings is 1. The number of rotatable bonds is 3. The van der Waals surface area contributed by atoms with Gasteiger partial charge in [-0.15, -0.1) is 11.6 Å². The molecule has 0 saturated carbocycles. The third-order valence-corrected chi connectivity index (χ3v) is 2.51. The van der Waals surface area contributed by atoms with E-state index in [1.54, 1.807) is 7.11 Å². The van der Waals surface area contributed by atoms with Crippen molar-refractivity contribution in [3.63, 3.8) is 0 Å². The van der Waals surface area contributed by atoms with Gasteiger partial charge in [-0.3, -0.25) is 0 Å². The van der Waals surface area contributed by atoms with Crippen LogP contribution in [0.2, 0.25) is 0 Å². The number of halogens is 1. The molecule has 1 atom stereocenters. The summed E-state index contributed by atoms with van der Waals surface area (Å²) in [6.45, 7) is 3.91. The highest BCUT2D eigenvalue weighted by Gasteiger charge is 2.10. The van der Waals surface area contributed by atoms with Crippen molar-refractivity contribution >= 4 is 11.6 Å². The van der Waals surface area contributed by atoms with E-state index in [4.69, 9.17) is 16.3 Å². The Kier molecular flexibility index (Phi) is 3.78. The summed E-state index contributed by atoms with van der Waals surface area (Å²) in [7, 11) is 1.65. The van der Waals surface area contributed by atoms with Gasteiger partial charge in [0.2, 0.25) is 0 Å². The highest BCUT2D eigenvalue weighted by Crippen LogP contribution is 2.27. The fourth-order valence-corrected chi connectivity index (χ4v) is 1.77. The molecule has 0 radical (unpaired) electrons. The van der Waals surface area contributed by atoms with Crippen molar-refractivity contribution in [3.05, 3.63) is 28.8 Å². The molecule has 1 rings (SSSR count). The van der Waals surface area contributed by atoms with E-state index < -0.39 is 6.10 Å². The van der Waals surface area contributed by atoms with Crippen LogP contribution in [0.25, 0.3) is 0 Å². The van der Waals surface area contributed by atoms with Crippen molar-refractivity contribution in [1.29, 1.82) is 0 Å². The van der Waals surface area contributed by atoms with Crippen LogP contribution >= 0.6 is 11.6 Å². The first-order valence-corrected chi connectivity index (χ1v) is 5.02. The first kappa shape index (κ1) is 11.3. The summed E-state index contributed by atoms with van der Waals surface area (Å²) in [4.78, 5) is 0. The fraction of sp³-hybridized carbons (Fsp3) is 0.455. The first-order chi connectivity index (χ1) is 6.60. The standard InChI is InChI=1S/C11H15ClO2/c1-7-4-9(10(13)6-12)5-8(2)11(7)14-3/h4-5,10,13H,6H2,1-3H3. The van der Waals surface area contributed by atoms with Gasteiger partial charge in [-0.1, -0.05) is 0 Å². The van der Waals surface area contributed by atoms with Crippen molar-refractivity contribution in [2.24, 2.45) is 0 Å². The minimum atomic E-state index is -0.597. The summed E-state index contributed by atoms with van der Waals surface area (Å²) in [5.74, 6) is 1.08. The first-order valence-electron chi connectivity index (χ1n) is 4.49. The van der Waals surface area contributed by atoms with Gasteiger partial charge in [0.25, 0.3) is 0 Å². The van der Waals surface area contributed by atoms with Crippen LogP contribution in [0.15, 0.2) is 12.1 Å². The molecule has 0 aliphatic carbocycles. The number of aliphatic hydroxyl groups excluding tert-OH is 1. The number of hydrogen-bond acceptors (Lipinski definition) is 2. The molecule has 0 saturated heterocycles. The molecule has 0 bridgehead atoms. The lowest BCUT2D eigenvalue weighted by atomic mass is 10.0. The van der Waals surface area contributed by atoms with Gasteiger partial charge in [-0.05, 0) is 42.7 Å². The number of ether oxygens (including phenoxy) is 1. The summed E-state index contributed by atoms with van der Waals surface area (Å²) in [5, 5.41) is 9.57. The Bertz CT molecular complexity index is 300. The van der Waals surface area contributed by atoms with Gasteiger partial charge < -0.3 is 9.84 Å². The van der Waals surface area contributed by atoms with E-state index in [1.807, 2.05) is 26.0 Å². The third-order valence-electron chi connectivity index (χ3n) is 2.22. The van der Waals surface area contributed by atoms with E-state index in [9.17, 15) is 5.11 Å². The van der Waals surface area contributed by atoms with Crippen LogP contribution in [0.1, 0.15) is 22.8 Å². The molecular weight excluding hydrogens is 200 g/mol. The number of aliphatic hydroxyl groups is 1. The number of aryl methyl sites for hydroxylation is 2. The van der Waals surface area contributed by atoms with Crippen LogP contribution < -0.4 is 4.74 Å². The molecule has 3 heteroatoms. The third kappa shape index (κ3) is 2.20. The van der Waals surface area contributed by atoms with Crippen LogP contribution in [-0.4, -0.2) is 18.1 Å². The predicted molar refractivity (Wildman–Crippen MR) is 58.1 cm³/mol. The molecule has 0 heterocycles. The maximum absolute atomic E-state index is 9.57. The monoisotopic (exact) mass is 214 g/mol. The Morgan fingerprint density at radius 2 is 1.86 bits per heavy atom. The van der Waals surface area contributed by atoms with E-state index in [1.165, 1.54) is 0 Å². The van der Waals surface area contributed by atoms with Gasteiger partial charge in [0.15, 0.2) is 0 Å². The second-order valence-corrected chi connectivity index (χ2v) is 3.67. The molecule has 0 fully saturated rings. The average molecular weight is 215 g/mol. The van der Waals surface area contributed by atoms with E-state index >= 15 is 0 Å². The maximum atomic E-state index is 9.57. The molecule has 1 N–H and O–H groups in total. The quantitative estimate of drug-likeness (QED) is 0.784. The van der Waals surface area contributed by atoms with Crippen molar-refractivity contribution in [2.75, 3.05) is 13.0 Å². The Morgan fingerprint density at radius 3 is 2.21 bits per heavy atom. The number of alkyl halides is 1. The van der Waals surface area contributed by atoms with Gasteiger partial charge in [0.05, 0.1) is 19.1 Å². The molecule has 0 spiro atoms. The Balaban J connectivity index is 3.13. The van der Waals surface area contributed by atoms with Crippen molar-refractivity contribution in [3.8, 4) is 5.75 Å². The van der Waals surface area contributed by atoms with Gasteiger partial charge in [0, 0.05) is 0 Å². The molecule has 0 aromatic heterocycles. The minimum Gasteiger partial charge on any atom is -0.496 e. The van der Waals surface area contributed by atoms with Gasteiger partial charge in [-0.2, -0.15) is 0 Å². The lowest BCUT2D eigenvalue weighted by Gasteiger charge is -2.13. The highest BCUT2D eigenvalue weighted by molar-refractivity contribution is 6.18. The molecular formula is C11H15ClO2. The van der Waals surface area contributed by atoms with Crippen LogP contribution in [0.5, 0.6) is 5.75 Å². The molecule has 14 heavy (non-hydrogen) atoms. The normalized spacial score (nSPS) is 12.6. The number of hydrogen-bond donors (Lipinski definition) is 1. The molecule has 1 unspecified atom stereocenters. The summed E-state index contributed by atoms with van der Waals surface area (Å²) in [5.41, 5.74) is 2.88. The SMILES string of the molecule is COc1c(C)cc(C(O)CCl)cc1C. The summed E-state index contributed by atoms with van der Waals surface area (Å²) in [6.07, 6.45) is -0.597. The fourth-order valence-electron chi connectivity index (χ4n) is 1.59. The Morgan fingerprint density at radius 1 is 1.36 bits per heavy atom. The molecule has 1 aromatic rings. The zero-order valence-corrected chi connectivity index (χ0v) is 9.43. The molecule has 0 aliphatic rings. The van der Waals surface area contributed by atoms with E-state index in [2.05, 4.69) is 0 Å². The highest BCUT2D eigenvalue weighted by atomic mass is 35.5. The van der Waals surface area contributed by atoms with Crippen LogP contribution in [-0.2, 0) is 0 Å². The second kappa shape index (κ2) is 4.67. The van der Waals surface area contributed by atoms with Crippen LogP contribution in [0.3, 0.4) is 0 Å². The lowest BCUT2D eigenvalue weighted by Crippen LogP contribution is -2.01. The van der Waals surface area contributed by atoms with Crippen molar-refractivity contribution < 1.29 is 9.84 Å². The average Bonchev–Trinajstić information content (AvgIpc) is 2.16. The molecule has 1 aromatic carbocycles. The van der Waals surface area contributed by atoms with Gasteiger partial charge in [-0.25, -0.2) is 0 Å². The van der Waals surface area contributed by atoms with Crippen LogP contribution in [0, 0.1) is 13.8 Å². The lowest BCUT2D eigenvalue weighted by molar-refractivity contribution is 0.202. The van der Waals surface area contributed by atoms with Gasteiger partial charge in [0.1, 0.15) is 5.75 Å². The minimum absolute atomic E-state index is 0.214. The predicted octanol–water partition coefficient (Wildman–Crippen LogP) is 2.58. The van der Waals surface area contributed by atoms with E-state index in [-0.39, 0.29) is 5.88 Å². The topological polar surface area (TPSA) is 29.5 Å². The van der Waals surface area contributed by atoms with Crippen molar-refractivity contribution in [1.82, 2.24) is 0 Å². The molecule has 0 amide bonds. The Labute approximate surface area is 89.5 Å². The molecule has 78 valence electrons. The summed E-state index contributed by atoms with van der Waals surface area (Å²) >= 11 is 5.58. The zero-order valence-electron chi connectivity index (χ0n) is 8.67. The maximum Gasteiger partial charge on any atom is 0.124 e. The second-order valence-electron chi connectivity index (χ2n) is 3.36. The van der Waals surface area contributed by atoms with E-state index in [0.29, 0.717) is 0 Å². The molecule has 0 aliphatic heterocycles. The zero-order chi connectivity index (χ0) is 10.7. The van der Waals surface area contributed by atoms with E-state index in [0.717, 1.165) is 22.4 Å². The number of methoxy groups -OCH3 is 1. The summed E-state index contributed by atoms with van der Waals surface area (Å²) in [6, 6.07) is 3.80. The Hall–Kier alpha value is -0.730. The molecule has 2 nitrogen and oxygen atoms in total. The van der Waals surface area contributed by atoms with Crippen molar-refractivity contribution in [2.45, 2.75) is 20.0 Å². The smallest absolute Gasteiger partial charge is 0.124 e.